The maximum atomic E-state index is 10.7. The van der Waals surface area contributed by atoms with Gasteiger partial charge in [0.05, 0.1) is 13.5 Å². The van der Waals surface area contributed by atoms with Crippen LogP contribution in [-0.2, 0) is 11.2 Å². The number of hydrogen-bond acceptors (Lipinski definition) is 3. The summed E-state index contributed by atoms with van der Waals surface area (Å²) in [5.41, 5.74) is 1.68. The van der Waals surface area contributed by atoms with Gasteiger partial charge in [-0.05, 0) is 18.7 Å². The third kappa shape index (κ3) is 4.28. The van der Waals surface area contributed by atoms with E-state index in [2.05, 4.69) is 5.32 Å². The molecule has 1 aromatic rings. The first-order valence-corrected chi connectivity index (χ1v) is 5.37. The van der Waals surface area contributed by atoms with E-state index in [-0.39, 0.29) is 6.42 Å². The topological polar surface area (TPSA) is 58.6 Å². The lowest BCUT2D eigenvalue weighted by atomic mass is 10.1. The molecule has 0 amide bonds. The van der Waals surface area contributed by atoms with Crippen molar-refractivity contribution in [2.24, 2.45) is 0 Å². The second-order valence-corrected chi connectivity index (χ2v) is 3.60. The molecule has 17 heavy (non-hydrogen) atoms. The number of benzene rings is 1. The fourth-order valence-corrected chi connectivity index (χ4v) is 1.49. The molecule has 1 rings (SSSR count). The summed E-state index contributed by atoms with van der Waals surface area (Å²) in [6.45, 7) is 0.791. The molecule has 2 N–H and O–H groups in total. The number of carboxylic acids is 1. The van der Waals surface area contributed by atoms with Crippen LogP contribution in [0.3, 0.4) is 0 Å². The lowest BCUT2D eigenvalue weighted by Crippen LogP contribution is -2.04. The lowest BCUT2D eigenvalue weighted by Gasteiger charge is -2.07. The number of ether oxygens (including phenoxy) is 1. The molecule has 0 fully saturated rings. The van der Waals surface area contributed by atoms with Gasteiger partial charge < -0.3 is 15.2 Å². The molecular weight excluding hydrogens is 218 g/mol. The highest BCUT2D eigenvalue weighted by Gasteiger charge is 2.07. The Morgan fingerprint density at radius 3 is 2.88 bits per heavy atom. The monoisotopic (exact) mass is 235 g/mol. The number of rotatable bonds is 6. The molecule has 4 heteroatoms. The van der Waals surface area contributed by atoms with Crippen molar-refractivity contribution in [3.8, 4) is 5.75 Å². The predicted octanol–water partition coefficient (Wildman–Crippen LogP) is 1.55. The molecule has 0 saturated heterocycles. The predicted molar refractivity (Wildman–Crippen MR) is 67.3 cm³/mol. The maximum absolute atomic E-state index is 10.7. The Morgan fingerprint density at radius 2 is 2.29 bits per heavy atom. The van der Waals surface area contributed by atoms with Crippen molar-refractivity contribution in [3.05, 3.63) is 35.4 Å². The summed E-state index contributed by atoms with van der Waals surface area (Å²) < 4.78 is 5.18. The van der Waals surface area contributed by atoms with Gasteiger partial charge >= 0.3 is 5.97 Å². The van der Waals surface area contributed by atoms with Crippen LogP contribution in [-0.4, -0.2) is 31.8 Å². The molecule has 0 aliphatic carbocycles. The van der Waals surface area contributed by atoms with Crippen LogP contribution in [0.4, 0.5) is 0 Å². The van der Waals surface area contributed by atoms with Crippen molar-refractivity contribution in [1.29, 1.82) is 0 Å². The van der Waals surface area contributed by atoms with Crippen LogP contribution < -0.4 is 10.1 Å². The highest BCUT2D eigenvalue weighted by Crippen LogP contribution is 2.21. The second-order valence-electron chi connectivity index (χ2n) is 3.60. The van der Waals surface area contributed by atoms with Crippen LogP contribution in [0.5, 0.6) is 5.75 Å². The molecule has 92 valence electrons. The Bertz CT molecular complexity index is 413. The summed E-state index contributed by atoms with van der Waals surface area (Å²) in [5, 5.41) is 11.8. The zero-order chi connectivity index (χ0) is 12.7. The first kappa shape index (κ1) is 13.3. The average Bonchev–Trinajstić information content (AvgIpc) is 2.30. The molecular formula is C13H17NO3. The number of carbonyl (C=O) groups is 1. The standard InChI is InChI=1S/C13H17NO3/c1-14-7-3-4-10-5-6-11(9-13(15)16)12(8-10)17-2/h3-6,8,14H,7,9H2,1-2H3,(H,15,16). The number of methoxy groups -OCH3 is 1. The number of hydrogen-bond donors (Lipinski definition) is 2. The van der Waals surface area contributed by atoms with E-state index in [1.807, 2.05) is 31.3 Å². The minimum absolute atomic E-state index is 0.0241. The number of nitrogens with one attached hydrogen (secondary N) is 1. The average molecular weight is 235 g/mol. The Kier molecular flexibility index (Phi) is 5.23. The van der Waals surface area contributed by atoms with E-state index in [9.17, 15) is 4.79 Å². The Labute approximate surface area is 101 Å². The zero-order valence-electron chi connectivity index (χ0n) is 10.1. The summed E-state index contributed by atoms with van der Waals surface area (Å²) in [7, 11) is 3.42. The molecule has 1 aromatic carbocycles. The Morgan fingerprint density at radius 1 is 1.53 bits per heavy atom. The van der Waals surface area contributed by atoms with Crippen molar-refractivity contribution in [2.75, 3.05) is 20.7 Å². The lowest BCUT2D eigenvalue weighted by molar-refractivity contribution is -0.136. The normalized spacial score (nSPS) is 10.7. The molecule has 0 saturated carbocycles. The molecule has 4 nitrogen and oxygen atoms in total. The van der Waals surface area contributed by atoms with E-state index in [1.165, 1.54) is 0 Å². The van der Waals surface area contributed by atoms with Gasteiger partial charge in [-0.2, -0.15) is 0 Å². The summed E-state index contributed by atoms with van der Waals surface area (Å²) >= 11 is 0. The third-order valence-electron chi connectivity index (χ3n) is 2.29. The molecule has 0 unspecified atom stereocenters. The number of aliphatic carboxylic acids is 1. The van der Waals surface area contributed by atoms with Crippen LogP contribution >= 0.6 is 0 Å². The molecule has 0 bridgehead atoms. The van der Waals surface area contributed by atoms with Crippen molar-refractivity contribution in [3.63, 3.8) is 0 Å². The third-order valence-corrected chi connectivity index (χ3v) is 2.29. The van der Waals surface area contributed by atoms with E-state index in [1.54, 1.807) is 13.2 Å². The molecule has 0 atom stereocenters. The van der Waals surface area contributed by atoms with Crippen molar-refractivity contribution in [2.45, 2.75) is 6.42 Å². The molecule has 0 aliphatic rings. The van der Waals surface area contributed by atoms with Gasteiger partial charge in [0, 0.05) is 12.1 Å². The van der Waals surface area contributed by atoms with E-state index in [4.69, 9.17) is 9.84 Å². The van der Waals surface area contributed by atoms with Gasteiger partial charge in [0.25, 0.3) is 0 Å². The van der Waals surface area contributed by atoms with E-state index in [0.29, 0.717) is 11.3 Å². The summed E-state index contributed by atoms with van der Waals surface area (Å²) in [5.74, 6) is -0.249. The van der Waals surface area contributed by atoms with Crippen molar-refractivity contribution < 1.29 is 14.6 Å². The molecule has 0 radical (unpaired) electrons. The minimum atomic E-state index is -0.859. The van der Waals surface area contributed by atoms with E-state index >= 15 is 0 Å². The SMILES string of the molecule is CNCC=Cc1ccc(CC(=O)O)c(OC)c1. The van der Waals surface area contributed by atoms with Crippen LogP contribution in [0.2, 0.25) is 0 Å². The van der Waals surface area contributed by atoms with Gasteiger partial charge in [-0.25, -0.2) is 0 Å². The maximum Gasteiger partial charge on any atom is 0.307 e. The van der Waals surface area contributed by atoms with Crippen molar-refractivity contribution in [1.82, 2.24) is 5.32 Å². The Balaban J connectivity index is 2.88. The van der Waals surface area contributed by atoms with Gasteiger partial charge in [0.2, 0.25) is 0 Å². The van der Waals surface area contributed by atoms with Crippen LogP contribution in [0.15, 0.2) is 24.3 Å². The highest BCUT2D eigenvalue weighted by atomic mass is 16.5. The summed E-state index contributed by atoms with van der Waals surface area (Å²) in [6.07, 6.45) is 3.93. The molecule has 0 aromatic heterocycles. The summed E-state index contributed by atoms with van der Waals surface area (Å²) in [6, 6.07) is 5.50. The zero-order valence-corrected chi connectivity index (χ0v) is 10.1. The first-order valence-electron chi connectivity index (χ1n) is 5.37. The van der Waals surface area contributed by atoms with Gasteiger partial charge in [-0.15, -0.1) is 0 Å². The number of likely N-dealkylation sites (N-methyl/N-ethyl adjacent to an activating group) is 1. The smallest absolute Gasteiger partial charge is 0.307 e. The van der Waals surface area contributed by atoms with Crippen LogP contribution in [0.1, 0.15) is 11.1 Å². The molecule has 0 heterocycles. The second kappa shape index (κ2) is 6.70. The van der Waals surface area contributed by atoms with Crippen molar-refractivity contribution >= 4 is 12.0 Å². The molecule has 0 spiro atoms. The largest absolute Gasteiger partial charge is 0.496 e. The Hall–Kier alpha value is -1.81. The summed E-state index contributed by atoms with van der Waals surface area (Å²) in [4.78, 5) is 10.7. The highest BCUT2D eigenvalue weighted by molar-refractivity contribution is 5.71. The van der Waals surface area contributed by atoms with Gasteiger partial charge in [0.15, 0.2) is 0 Å². The fraction of sp³-hybridized carbons (Fsp3) is 0.308. The van der Waals surface area contributed by atoms with Crippen LogP contribution in [0.25, 0.3) is 6.08 Å². The fourth-order valence-electron chi connectivity index (χ4n) is 1.49. The van der Waals surface area contributed by atoms with Gasteiger partial charge in [-0.3, -0.25) is 4.79 Å². The minimum Gasteiger partial charge on any atom is -0.496 e. The first-order chi connectivity index (χ1) is 8.17. The van der Waals surface area contributed by atoms with Crippen LogP contribution in [0, 0.1) is 0 Å². The van der Waals surface area contributed by atoms with E-state index in [0.717, 1.165) is 12.1 Å². The molecule has 0 aliphatic heterocycles. The van der Waals surface area contributed by atoms with Gasteiger partial charge in [-0.1, -0.05) is 24.3 Å². The van der Waals surface area contributed by atoms with E-state index < -0.39 is 5.97 Å². The number of carboxylic acid groups (broad SMARTS) is 1. The quantitative estimate of drug-likeness (QED) is 0.785. The van der Waals surface area contributed by atoms with Gasteiger partial charge in [0.1, 0.15) is 5.75 Å².